The number of anilines is 1. The molecule has 4 nitrogen and oxygen atoms in total. The maximum absolute atomic E-state index is 15.7. The minimum absolute atomic E-state index is 0.0308. The fourth-order valence-corrected chi connectivity index (χ4v) is 5.25. The van der Waals surface area contributed by atoms with Crippen LogP contribution < -0.4 is 10.6 Å². The van der Waals surface area contributed by atoms with Crippen LogP contribution in [0, 0.1) is 22.9 Å². The zero-order valence-corrected chi connectivity index (χ0v) is 20.2. The van der Waals surface area contributed by atoms with Gasteiger partial charge in [-0.25, -0.2) is 13.2 Å². The molecule has 182 valence electrons. The quantitative estimate of drug-likeness (QED) is 0.430. The topological polar surface area (TPSA) is 43.1 Å². The van der Waals surface area contributed by atoms with Crippen LogP contribution in [0.5, 0.6) is 0 Å². The molecule has 0 unspecified atom stereocenters. The second kappa shape index (κ2) is 8.61. The Hall–Kier alpha value is -2.51. The average molecular weight is 471 g/mol. The Labute approximate surface area is 198 Å². The predicted octanol–water partition coefficient (Wildman–Crippen LogP) is 5.74. The van der Waals surface area contributed by atoms with Gasteiger partial charge in [0.2, 0.25) is 0 Å². The standard InChI is InChI=1S/C27H33F3N4/c1-5-27(3,4)14-34-15(2)8-20-19-9-16(28)6-7-23(19)33-25(20)26(34)24-21(29)10-17(11-22(24)30)32-18-12-31-13-18/h6-7,9-11,15,18,26,31-33H,5,8,12-14H2,1-4H3/t15-,26-/m1/s1. The second-order valence-corrected chi connectivity index (χ2v) is 10.7. The number of aromatic nitrogens is 1. The highest BCUT2D eigenvalue weighted by atomic mass is 19.1. The molecule has 2 aliphatic rings. The first kappa shape index (κ1) is 23.2. The first-order valence-corrected chi connectivity index (χ1v) is 12.2. The second-order valence-electron chi connectivity index (χ2n) is 10.7. The highest BCUT2D eigenvalue weighted by molar-refractivity contribution is 5.85. The zero-order valence-electron chi connectivity index (χ0n) is 20.2. The molecule has 2 aliphatic heterocycles. The molecular formula is C27H33F3N4. The fraction of sp³-hybridized carbons (Fsp3) is 0.481. The monoisotopic (exact) mass is 470 g/mol. The molecule has 0 bridgehead atoms. The van der Waals surface area contributed by atoms with Gasteiger partial charge in [-0.3, -0.25) is 4.90 Å². The van der Waals surface area contributed by atoms with Crippen molar-refractivity contribution in [3.63, 3.8) is 0 Å². The third kappa shape index (κ3) is 4.09. The van der Waals surface area contributed by atoms with Crippen molar-refractivity contribution in [1.29, 1.82) is 0 Å². The van der Waals surface area contributed by atoms with Gasteiger partial charge in [0.25, 0.3) is 0 Å². The Morgan fingerprint density at radius 1 is 1.09 bits per heavy atom. The summed E-state index contributed by atoms with van der Waals surface area (Å²) in [6, 6.07) is 7.03. The van der Waals surface area contributed by atoms with E-state index in [2.05, 4.69) is 48.2 Å². The molecule has 1 aromatic heterocycles. The molecule has 1 saturated heterocycles. The van der Waals surface area contributed by atoms with Crippen molar-refractivity contribution in [2.24, 2.45) is 5.41 Å². The molecule has 3 N–H and O–H groups in total. The van der Waals surface area contributed by atoms with E-state index < -0.39 is 17.7 Å². The van der Waals surface area contributed by atoms with Gasteiger partial charge in [-0.2, -0.15) is 0 Å². The van der Waals surface area contributed by atoms with Crippen LogP contribution in [0.4, 0.5) is 18.9 Å². The molecule has 0 spiro atoms. The minimum Gasteiger partial charge on any atom is -0.380 e. The van der Waals surface area contributed by atoms with Crippen LogP contribution >= 0.6 is 0 Å². The van der Waals surface area contributed by atoms with Crippen molar-refractivity contribution in [3.05, 3.63) is 64.6 Å². The fourth-order valence-electron chi connectivity index (χ4n) is 5.25. The number of hydrogen-bond acceptors (Lipinski definition) is 3. The average Bonchev–Trinajstić information content (AvgIpc) is 3.09. The van der Waals surface area contributed by atoms with Crippen LogP contribution in [-0.2, 0) is 6.42 Å². The van der Waals surface area contributed by atoms with E-state index in [4.69, 9.17) is 0 Å². The Morgan fingerprint density at radius 3 is 2.41 bits per heavy atom. The van der Waals surface area contributed by atoms with Crippen LogP contribution in [0.15, 0.2) is 30.3 Å². The van der Waals surface area contributed by atoms with Gasteiger partial charge in [0.05, 0.1) is 12.1 Å². The molecule has 3 aromatic rings. The molecule has 34 heavy (non-hydrogen) atoms. The molecular weight excluding hydrogens is 437 g/mol. The lowest BCUT2D eigenvalue weighted by molar-refractivity contribution is 0.0872. The molecule has 0 aliphatic carbocycles. The molecule has 7 heteroatoms. The van der Waals surface area contributed by atoms with Crippen molar-refractivity contribution in [3.8, 4) is 0 Å². The summed E-state index contributed by atoms with van der Waals surface area (Å²) >= 11 is 0. The Bertz CT molecular complexity index is 1190. The van der Waals surface area contributed by atoms with E-state index in [9.17, 15) is 4.39 Å². The van der Waals surface area contributed by atoms with E-state index in [1.807, 2.05) is 0 Å². The van der Waals surface area contributed by atoms with Crippen LogP contribution in [0.1, 0.15) is 57.0 Å². The number of fused-ring (bicyclic) bond motifs is 3. The van der Waals surface area contributed by atoms with Crippen molar-refractivity contribution >= 4 is 16.6 Å². The number of aromatic amines is 1. The number of benzene rings is 2. The van der Waals surface area contributed by atoms with Crippen molar-refractivity contribution < 1.29 is 13.2 Å². The number of halogens is 3. The van der Waals surface area contributed by atoms with Crippen LogP contribution in [0.3, 0.4) is 0 Å². The highest BCUT2D eigenvalue weighted by Gasteiger charge is 2.40. The summed E-state index contributed by atoms with van der Waals surface area (Å²) in [6.07, 6.45) is 1.63. The molecule has 2 atom stereocenters. The van der Waals surface area contributed by atoms with Crippen molar-refractivity contribution in [1.82, 2.24) is 15.2 Å². The third-order valence-electron chi connectivity index (χ3n) is 7.64. The molecule has 5 rings (SSSR count). The molecule has 0 radical (unpaired) electrons. The first-order valence-electron chi connectivity index (χ1n) is 12.2. The summed E-state index contributed by atoms with van der Waals surface area (Å²) in [5.41, 5.74) is 2.95. The number of hydrogen-bond donors (Lipinski definition) is 3. The Morgan fingerprint density at radius 2 is 1.79 bits per heavy atom. The highest BCUT2D eigenvalue weighted by Crippen LogP contribution is 2.44. The maximum Gasteiger partial charge on any atom is 0.133 e. The Kier molecular flexibility index (Phi) is 5.89. The van der Waals surface area contributed by atoms with Gasteiger partial charge in [-0.05, 0) is 61.1 Å². The molecule has 3 heterocycles. The largest absolute Gasteiger partial charge is 0.380 e. The third-order valence-corrected chi connectivity index (χ3v) is 7.64. The maximum atomic E-state index is 15.7. The van der Waals surface area contributed by atoms with Crippen molar-refractivity contribution in [2.75, 3.05) is 25.0 Å². The molecule has 2 aromatic carbocycles. The lowest BCUT2D eigenvalue weighted by atomic mass is 9.83. The predicted molar refractivity (Wildman–Crippen MR) is 131 cm³/mol. The smallest absolute Gasteiger partial charge is 0.133 e. The van der Waals surface area contributed by atoms with E-state index >= 15 is 8.78 Å². The lowest BCUT2D eigenvalue weighted by Gasteiger charge is -2.44. The van der Waals surface area contributed by atoms with Gasteiger partial charge in [-0.15, -0.1) is 0 Å². The summed E-state index contributed by atoms with van der Waals surface area (Å²) in [7, 11) is 0. The Balaban J connectivity index is 1.65. The van der Waals surface area contributed by atoms with E-state index in [0.717, 1.165) is 41.7 Å². The minimum atomic E-state index is -0.626. The van der Waals surface area contributed by atoms with Crippen LogP contribution in [0.2, 0.25) is 0 Å². The SMILES string of the molecule is CCC(C)(C)CN1[C@H](c2c(F)cc(NC3CNC3)cc2F)c2[nH]c3ccc(F)cc3c2C[C@H]1C. The number of rotatable bonds is 6. The van der Waals surface area contributed by atoms with E-state index in [0.29, 0.717) is 18.7 Å². The van der Waals surface area contributed by atoms with Crippen LogP contribution in [0.25, 0.3) is 10.9 Å². The van der Waals surface area contributed by atoms with Crippen molar-refractivity contribution in [2.45, 2.75) is 58.7 Å². The summed E-state index contributed by atoms with van der Waals surface area (Å²) in [5.74, 6) is -1.45. The molecule has 0 saturated carbocycles. The summed E-state index contributed by atoms with van der Waals surface area (Å²) < 4.78 is 45.5. The molecule has 1 fully saturated rings. The van der Waals surface area contributed by atoms with Gasteiger partial charge >= 0.3 is 0 Å². The van der Waals surface area contributed by atoms with E-state index in [-0.39, 0.29) is 28.9 Å². The van der Waals surface area contributed by atoms with Gasteiger partial charge < -0.3 is 15.6 Å². The van der Waals surface area contributed by atoms with E-state index in [1.54, 1.807) is 6.07 Å². The summed E-state index contributed by atoms with van der Waals surface area (Å²) in [5, 5.41) is 7.14. The van der Waals surface area contributed by atoms with Crippen LogP contribution in [-0.4, -0.2) is 41.6 Å². The zero-order chi connectivity index (χ0) is 24.2. The number of nitrogens with zero attached hydrogens (tertiary/aromatic N) is 1. The van der Waals surface area contributed by atoms with E-state index in [1.165, 1.54) is 24.3 Å². The van der Waals surface area contributed by atoms with Gasteiger partial charge in [0, 0.05) is 53.5 Å². The normalized spacial score (nSPS) is 21.5. The number of nitrogens with one attached hydrogen (secondary N) is 3. The first-order chi connectivity index (χ1) is 16.2. The lowest BCUT2D eigenvalue weighted by Crippen LogP contribution is -2.51. The number of H-pyrrole nitrogens is 1. The molecule has 0 amide bonds. The summed E-state index contributed by atoms with van der Waals surface area (Å²) in [4.78, 5) is 5.61. The van der Waals surface area contributed by atoms with Gasteiger partial charge in [0.1, 0.15) is 17.5 Å². The van der Waals surface area contributed by atoms with Gasteiger partial charge in [-0.1, -0.05) is 20.8 Å². The summed E-state index contributed by atoms with van der Waals surface area (Å²) in [6.45, 7) is 10.8. The van der Waals surface area contributed by atoms with Gasteiger partial charge in [0.15, 0.2) is 0 Å².